The van der Waals surface area contributed by atoms with E-state index in [0.717, 1.165) is 29.6 Å². The Kier molecular flexibility index (Phi) is 3.65. The second-order valence-electron chi connectivity index (χ2n) is 5.41. The van der Waals surface area contributed by atoms with Crippen LogP contribution in [-0.2, 0) is 4.79 Å². The Labute approximate surface area is 118 Å². The Hall–Kier alpha value is -1.94. The molecule has 0 radical (unpaired) electrons. The Bertz CT molecular complexity index is 621. The number of pyridine rings is 1. The number of hydrogen-bond donors (Lipinski definition) is 1. The van der Waals surface area contributed by atoms with Crippen molar-refractivity contribution in [3.63, 3.8) is 0 Å². The minimum atomic E-state index is 0.0712. The van der Waals surface area contributed by atoms with Gasteiger partial charge in [-0.1, -0.05) is 18.2 Å². The maximum atomic E-state index is 12.2. The highest BCUT2D eigenvalue weighted by molar-refractivity contribution is 6.00. The van der Waals surface area contributed by atoms with Gasteiger partial charge < -0.3 is 10.2 Å². The Morgan fingerprint density at radius 3 is 3.05 bits per heavy atom. The smallest absolute Gasteiger partial charge is 0.226 e. The van der Waals surface area contributed by atoms with Crippen molar-refractivity contribution in [1.82, 2.24) is 9.88 Å². The molecule has 2 aromatic rings. The molecule has 1 N–H and O–H groups in total. The number of para-hydroxylation sites is 1. The van der Waals surface area contributed by atoms with Gasteiger partial charge in [-0.05, 0) is 38.6 Å². The van der Waals surface area contributed by atoms with Crippen LogP contribution >= 0.6 is 0 Å². The number of amides is 1. The lowest BCUT2D eigenvalue weighted by molar-refractivity contribution is -0.117. The third-order valence-electron chi connectivity index (χ3n) is 4.00. The van der Waals surface area contributed by atoms with Gasteiger partial charge in [-0.25, -0.2) is 0 Å². The van der Waals surface area contributed by atoms with E-state index < -0.39 is 0 Å². The Balaban J connectivity index is 1.74. The molecular formula is C16H19N3O. The molecule has 1 aliphatic rings. The minimum absolute atomic E-state index is 0.0712. The molecule has 4 nitrogen and oxygen atoms in total. The number of anilines is 1. The summed E-state index contributed by atoms with van der Waals surface area (Å²) in [5.74, 6) is 0.0712. The van der Waals surface area contributed by atoms with Crippen LogP contribution in [-0.4, -0.2) is 35.4 Å². The molecule has 1 fully saturated rings. The summed E-state index contributed by atoms with van der Waals surface area (Å²) in [4.78, 5) is 18.8. The zero-order valence-corrected chi connectivity index (χ0v) is 11.7. The molecule has 1 unspecified atom stereocenters. The van der Waals surface area contributed by atoms with Gasteiger partial charge in [0.1, 0.15) is 0 Å². The Morgan fingerprint density at radius 1 is 1.40 bits per heavy atom. The van der Waals surface area contributed by atoms with Gasteiger partial charge in [0, 0.05) is 24.0 Å². The first kappa shape index (κ1) is 13.1. The van der Waals surface area contributed by atoms with Crippen LogP contribution in [0, 0.1) is 0 Å². The van der Waals surface area contributed by atoms with Crippen molar-refractivity contribution >= 4 is 22.5 Å². The first-order valence-electron chi connectivity index (χ1n) is 7.08. The highest BCUT2D eigenvalue weighted by atomic mass is 16.1. The number of hydrogen-bond acceptors (Lipinski definition) is 3. The maximum Gasteiger partial charge on any atom is 0.226 e. The van der Waals surface area contributed by atoms with E-state index in [1.807, 2.05) is 30.3 Å². The summed E-state index contributed by atoms with van der Waals surface area (Å²) < 4.78 is 0. The van der Waals surface area contributed by atoms with Gasteiger partial charge in [-0.3, -0.25) is 9.78 Å². The fraction of sp³-hybridized carbons (Fsp3) is 0.375. The lowest BCUT2D eigenvalue weighted by Crippen LogP contribution is -2.29. The molecule has 1 aliphatic heterocycles. The predicted octanol–water partition coefficient (Wildman–Crippen LogP) is 2.66. The van der Waals surface area contributed by atoms with Crippen LogP contribution in [0.2, 0.25) is 0 Å². The third kappa shape index (κ3) is 2.65. The van der Waals surface area contributed by atoms with Crippen LogP contribution in [0.5, 0.6) is 0 Å². The van der Waals surface area contributed by atoms with E-state index in [2.05, 4.69) is 22.2 Å². The van der Waals surface area contributed by atoms with Gasteiger partial charge in [0.15, 0.2) is 0 Å². The van der Waals surface area contributed by atoms with Crippen molar-refractivity contribution in [2.45, 2.75) is 25.3 Å². The van der Waals surface area contributed by atoms with Crippen molar-refractivity contribution in [3.8, 4) is 0 Å². The molecule has 2 heterocycles. The molecule has 1 saturated heterocycles. The van der Waals surface area contributed by atoms with E-state index in [-0.39, 0.29) is 5.91 Å². The molecule has 0 spiro atoms. The number of benzene rings is 1. The van der Waals surface area contributed by atoms with Crippen LogP contribution in [0.3, 0.4) is 0 Å². The third-order valence-corrected chi connectivity index (χ3v) is 4.00. The van der Waals surface area contributed by atoms with Gasteiger partial charge in [0.25, 0.3) is 0 Å². The summed E-state index contributed by atoms with van der Waals surface area (Å²) in [6, 6.07) is 10.1. The largest absolute Gasteiger partial charge is 0.324 e. The van der Waals surface area contributed by atoms with Gasteiger partial charge in [-0.15, -0.1) is 0 Å². The molecule has 20 heavy (non-hydrogen) atoms. The molecule has 4 heteroatoms. The molecule has 1 amide bonds. The predicted molar refractivity (Wildman–Crippen MR) is 80.6 cm³/mol. The van der Waals surface area contributed by atoms with Crippen LogP contribution in [0.15, 0.2) is 36.5 Å². The van der Waals surface area contributed by atoms with Crippen LogP contribution < -0.4 is 5.32 Å². The van der Waals surface area contributed by atoms with Crippen molar-refractivity contribution < 1.29 is 4.79 Å². The van der Waals surface area contributed by atoms with Gasteiger partial charge >= 0.3 is 0 Å². The number of likely N-dealkylation sites (tertiary alicyclic amines) is 1. The molecule has 0 aliphatic carbocycles. The number of carbonyl (C=O) groups excluding carboxylic acids is 1. The van der Waals surface area contributed by atoms with Crippen molar-refractivity contribution in [1.29, 1.82) is 0 Å². The standard InChI is InChI=1S/C16H19N3O/c1-19-10-4-7-13(19)11-15(20)18-14-8-2-5-12-6-3-9-17-16(12)14/h2-3,5-6,8-9,13H,4,7,10-11H2,1H3,(H,18,20). The molecule has 0 saturated carbocycles. The normalized spacial score (nSPS) is 19.4. The van der Waals surface area contributed by atoms with E-state index >= 15 is 0 Å². The van der Waals surface area contributed by atoms with Gasteiger partial charge in [-0.2, -0.15) is 0 Å². The fourth-order valence-electron chi connectivity index (χ4n) is 2.86. The summed E-state index contributed by atoms with van der Waals surface area (Å²) in [6.45, 7) is 1.09. The first-order chi connectivity index (χ1) is 9.74. The van der Waals surface area contributed by atoms with Gasteiger partial charge in [0.2, 0.25) is 5.91 Å². The molecule has 3 rings (SSSR count). The molecular weight excluding hydrogens is 250 g/mol. The molecule has 104 valence electrons. The van der Waals surface area contributed by atoms with E-state index in [1.54, 1.807) is 6.20 Å². The zero-order chi connectivity index (χ0) is 13.9. The van der Waals surface area contributed by atoms with Crippen molar-refractivity contribution in [2.24, 2.45) is 0 Å². The summed E-state index contributed by atoms with van der Waals surface area (Å²) >= 11 is 0. The van der Waals surface area contributed by atoms with E-state index in [1.165, 1.54) is 6.42 Å². The summed E-state index contributed by atoms with van der Waals surface area (Å²) in [5, 5.41) is 4.05. The SMILES string of the molecule is CN1CCCC1CC(=O)Nc1cccc2cccnc12. The van der Waals surface area contributed by atoms with Gasteiger partial charge in [0.05, 0.1) is 11.2 Å². The molecule has 1 atom stereocenters. The number of carbonyl (C=O) groups is 1. The lowest BCUT2D eigenvalue weighted by Gasteiger charge is -2.18. The van der Waals surface area contributed by atoms with Crippen molar-refractivity contribution in [2.75, 3.05) is 18.9 Å². The van der Waals surface area contributed by atoms with Crippen LogP contribution in [0.25, 0.3) is 10.9 Å². The lowest BCUT2D eigenvalue weighted by atomic mass is 10.1. The quantitative estimate of drug-likeness (QED) is 0.931. The molecule has 1 aromatic heterocycles. The summed E-state index contributed by atoms with van der Waals surface area (Å²) in [6.07, 6.45) is 4.60. The Morgan fingerprint density at radius 2 is 2.25 bits per heavy atom. The number of nitrogens with one attached hydrogen (secondary N) is 1. The van der Waals surface area contributed by atoms with Crippen molar-refractivity contribution in [3.05, 3.63) is 36.5 Å². The summed E-state index contributed by atoms with van der Waals surface area (Å²) in [7, 11) is 2.09. The topological polar surface area (TPSA) is 45.2 Å². The van der Waals surface area contributed by atoms with E-state index in [4.69, 9.17) is 0 Å². The average molecular weight is 269 g/mol. The number of nitrogens with zero attached hydrogens (tertiary/aromatic N) is 2. The molecule has 0 bridgehead atoms. The minimum Gasteiger partial charge on any atom is -0.324 e. The average Bonchev–Trinajstić information content (AvgIpc) is 2.85. The number of fused-ring (bicyclic) bond motifs is 1. The maximum absolute atomic E-state index is 12.2. The summed E-state index contributed by atoms with van der Waals surface area (Å²) in [5.41, 5.74) is 1.65. The molecule has 1 aromatic carbocycles. The fourth-order valence-corrected chi connectivity index (χ4v) is 2.86. The second kappa shape index (κ2) is 5.59. The first-order valence-corrected chi connectivity index (χ1v) is 7.08. The van der Waals surface area contributed by atoms with Crippen LogP contribution in [0.4, 0.5) is 5.69 Å². The monoisotopic (exact) mass is 269 g/mol. The zero-order valence-electron chi connectivity index (χ0n) is 11.7. The highest BCUT2D eigenvalue weighted by Crippen LogP contribution is 2.22. The second-order valence-corrected chi connectivity index (χ2v) is 5.41. The van der Waals surface area contributed by atoms with Crippen LogP contribution in [0.1, 0.15) is 19.3 Å². The number of aromatic nitrogens is 1. The number of rotatable bonds is 3. The van der Waals surface area contributed by atoms with E-state index in [9.17, 15) is 4.79 Å². The highest BCUT2D eigenvalue weighted by Gasteiger charge is 2.23. The van der Waals surface area contributed by atoms with E-state index in [0.29, 0.717) is 12.5 Å².